The molecule has 0 saturated carbocycles. The van der Waals surface area contributed by atoms with E-state index in [0.717, 1.165) is 16.9 Å². The number of ether oxygens (including phenoxy) is 1. The molecular formula is C18H17N3O3S. The Hall–Kier alpha value is -2.67. The van der Waals surface area contributed by atoms with Crippen LogP contribution in [-0.4, -0.2) is 40.1 Å². The molecule has 0 unspecified atom stereocenters. The Bertz CT molecular complexity index is 869. The molecule has 3 heterocycles. The maximum absolute atomic E-state index is 12.2. The number of hydrogen-bond acceptors (Lipinski definition) is 6. The molecule has 1 amide bonds. The minimum absolute atomic E-state index is 0.0195. The van der Waals surface area contributed by atoms with Crippen molar-refractivity contribution in [1.29, 1.82) is 0 Å². The molecular weight excluding hydrogens is 338 g/mol. The molecule has 1 aromatic carbocycles. The summed E-state index contributed by atoms with van der Waals surface area (Å²) in [6, 6.07) is 9.55. The van der Waals surface area contributed by atoms with Gasteiger partial charge in [-0.1, -0.05) is 11.2 Å². The molecule has 6 nitrogen and oxygen atoms in total. The number of amides is 1. The van der Waals surface area contributed by atoms with Crippen LogP contribution in [-0.2, 0) is 11.2 Å². The highest BCUT2D eigenvalue weighted by atomic mass is 32.1. The van der Waals surface area contributed by atoms with Gasteiger partial charge in [-0.2, -0.15) is 16.3 Å². The molecule has 0 atom stereocenters. The summed E-state index contributed by atoms with van der Waals surface area (Å²) in [6.07, 6.45) is 0.480. The number of nitrogens with zero attached hydrogens (tertiary/aromatic N) is 3. The average Bonchev–Trinajstić information content (AvgIpc) is 3.22. The number of hydrogen-bond donors (Lipinski definition) is 0. The van der Waals surface area contributed by atoms with Crippen LogP contribution in [0.4, 0.5) is 0 Å². The molecule has 1 aliphatic heterocycles. The molecule has 0 spiro atoms. The SMILES string of the molecule is Cc1noc(-c2cccc(OC3CN(C(=O)Cc4ccsc4)C3)c2)n1. The van der Waals surface area contributed by atoms with Gasteiger partial charge in [0.1, 0.15) is 11.9 Å². The first-order chi connectivity index (χ1) is 12.2. The van der Waals surface area contributed by atoms with Crippen molar-refractivity contribution >= 4 is 17.2 Å². The summed E-state index contributed by atoms with van der Waals surface area (Å²) < 4.78 is 11.1. The number of benzene rings is 1. The molecule has 25 heavy (non-hydrogen) atoms. The summed E-state index contributed by atoms with van der Waals surface area (Å²) in [4.78, 5) is 18.2. The third-order valence-corrected chi connectivity index (χ3v) is 4.78. The van der Waals surface area contributed by atoms with E-state index in [-0.39, 0.29) is 12.0 Å². The molecule has 0 bridgehead atoms. The van der Waals surface area contributed by atoms with Crippen LogP contribution in [0.1, 0.15) is 11.4 Å². The molecule has 2 aromatic heterocycles. The number of aromatic nitrogens is 2. The van der Waals surface area contributed by atoms with Gasteiger partial charge in [-0.25, -0.2) is 0 Å². The minimum Gasteiger partial charge on any atom is -0.487 e. The maximum Gasteiger partial charge on any atom is 0.258 e. The van der Waals surface area contributed by atoms with Crippen LogP contribution in [0.2, 0.25) is 0 Å². The standard InChI is InChI=1S/C18H17N3O3S/c1-12-19-18(24-20-12)14-3-2-4-15(8-14)23-16-9-21(10-16)17(22)7-13-5-6-25-11-13/h2-6,8,11,16H,7,9-10H2,1H3. The monoisotopic (exact) mass is 355 g/mol. The predicted molar refractivity (Wildman–Crippen MR) is 93.5 cm³/mol. The molecule has 0 radical (unpaired) electrons. The van der Waals surface area contributed by atoms with E-state index in [1.54, 1.807) is 18.3 Å². The summed E-state index contributed by atoms with van der Waals surface area (Å²) in [5, 5.41) is 7.80. The molecule has 7 heteroatoms. The number of carbonyl (C=O) groups is 1. The van der Waals surface area contributed by atoms with E-state index >= 15 is 0 Å². The van der Waals surface area contributed by atoms with Gasteiger partial charge in [0.25, 0.3) is 5.89 Å². The summed E-state index contributed by atoms with van der Waals surface area (Å²) >= 11 is 1.61. The Labute approximate surface area is 149 Å². The average molecular weight is 355 g/mol. The van der Waals surface area contributed by atoms with Gasteiger partial charge in [0, 0.05) is 5.56 Å². The van der Waals surface area contributed by atoms with Crippen LogP contribution in [0.3, 0.4) is 0 Å². The number of carbonyl (C=O) groups excluding carboxylic acids is 1. The predicted octanol–water partition coefficient (Wildman–Crippen LogP) is 2.94. The molecule has 1 saturated heterocycles. The van der Waals surface area contributed by atoms with Crippen LogP contribution in [0.25, 0.3) is 11.5 Å². The molecule has 0 N–H and O–H groups in total. The van der Waals surface area contributed by atoms with Crippen LogP contribution in [0.15, 0.2) is 45.6 Å². The zero-order valence-electron chi connectivity index (χ0n) is 13.7. The smallest absolute Gasteiger partial charge is 0.258 e. The zero-order chi connectivity index (χ0) is 17.2. The van der Waals surface area contributed by atoms with Crippen LogP contribution in [0.5, 0.6) is 5.75 Å². The first kappa shape index (κ1) is 15.8. The number of likely N-dealkylation sites (tertiary alicyclic amines) is 1. The van der Waals surface area contributed by atoms with Gasteiger partial charge in [-0.15, -0.1) is 0 Å². The minimum atomic E-state index is 0.0195. The van der Waals surface area contributed by atoms with Crippen molar-refractivity contribution in [3.05, 3.63) is 52.5 Å². The molecule has 1 aliphatic rings. The summed E-state index contributed by atoms with van der Waals surface area (Å²) in [5.41, 5.74) is 1.89. The second kappa shape index (κ2) is 6.68. The fourth-order valence-corrected chi connectivity index (χ4v) is 3.37. The van der Waals surface area contributed by atoms with Crippen molar-refractivity contribution in [2.45, 2.75) is 19.4 Å². The second-order valence-electron chi connectivity index (χ2n) is 6.02. The zero-order valence-corrected chi connectivity index (χ0v) is 14.5. The summed E-state index contributed by atoms with van der Waals surface area (Å²) in [6.45, 7) is 3.02. The largest absolute Gasteiger partial charge is 0.487 e. The summed E-state index contributed by atoms with van der Waals surface area (Å²) in [5.74, 6) is 1.96. The normalized spacial score (nSPS) is 14.4. The van der Waals surface area contributed by atoms with E-state index in [4.69, 9.17) is 9.26 Å². The van der Waals surface area contributed by atoms with Gasteiger partial charge in [-0.3, -0.25) is 4.79 Å². The van der Waals surface area contributed by atoms with Gasteiger partial charge >= 0.3 is 0 Å². The first-order valence-electron chi connectivity index (χ1n) is 8.03. The topological polar surface area (TPSA) is 68.5 Å². The van der Waals surface area contributed by atoms with Gasteiger partial charge in [-0.05, 0) is 47.5 Å². The maximum atomic E-state index is 12.2. The lowest BCUT2D eigenvalue weighted by Crippen LogP contribution is -2.56. The second-order valence-corrected chi connectivity index (χ2v) is 6.80. The fraction of sp³-hybridized carbons (Fsp3) is 0.278. The highest BCUT2D eigenvalue weighted by molar-refractivity contribution is 7.08. The molecule has 1 fully saturated rings. The number of rotatable bonds is 5. The first-order valence-corrected chi connectivity index (χ1v) is 8.98. The lowest BCUT2D eigenvalue weighted by molar-refractivity contribution is -0.139. The third kappa shape index (κ3) is 3.56. The van der Waals surface area contributed by atoms with Gasteiger partial charge in [0.2, 0.25) is 5.91 Å². The van der Waals surface area contributed by atoms with Crippen LogP contribution in [0, 0.1) is 6.92 Å². The van der Waals surface area contributed by atoms with Gasteiger partial charge in [0.05, 0.1) is 19.5 Å². The van der Waals surface area contributed by atoms with Crippen molar-refractivity contribution in [1.82, 2.24) is 15.0 Å². The third-order valence-electron chi connectivity index (χ3n) is 4.05. The highest BCUT2D eigenvalue weighted by Crippen LogP contribution is 2.25. The van der Waals surface area contributed by atoms with Crippen LogP contribution >= 0.6 is 11.3 Å². The van der Waals surface area contributed by atoms with Crippen molar-refractivity contribution in [2.75, 3.05) is 13.1 Å². The van der Waals surface area contributed by atoms with E-state index in [1.165, 1.54) is 0 Å². The number of thiophene rings is 1. The lowest BCUT2D eigenvalue weighted by atomic mass is 10.1. The van der Waals surface area contributed by atoms with E-state index < -0.39 is 0 Å². The molecule has 3 aromatic rings. The Morgan fingerprint density at radius 1 is 1.40 bits per heavy atom. The van der Waals surface area contributed by atoms with E-state index in [2.05, 4.69) is 10.1 Å². The highest BCUT2D eigenvalue weighted by Gasteiger charge is 2.32. The quantitative estimate of drug-likeness (QED) is 0.704. The fourth-order valence-electron chi connectivity index (χ4n) is 2.71. The molecule has 128 valence electrons. The Kier molecular flexibility index (Phi) is 4.23. The van der Waals surface area contributed by atoms with E-state index in [0.29, 0.717) is 31.2 Å². The summed E-state index contributed by atoms with van der Waals surface area (Å²) in [7, 11) is 0. The Morgan fingerprint density at radius 3 is 3.00 bits per heavy atom. The van der Waals surface area contributed by atoms with E-state index in [1.807, 2.05) is 46.0 Å². The lowest BCUT2D eigenvalue weighted by Gasteiger charge is -2.39. The molecule has 0 aliphatic carbocycles. The number of aryl methyl sites for hydroxylation is 1. The van der Waals surface area contributed by atoms with E-state index in [9.17, 15) is 4.79 Å². The Morgan fingerprint density at radius 2 is 2.28 bits per heavy atom. The van der Waals surface area contributed by atoms with Crippen molar-refractivity contribution < 1.29 is 14.1 Å². The van der Waals surface area contributed by atoms with Crippen LogP contribution < -0.4 is 4.74 Å². The van der Waals surface area contributed by atoms with Crippen molar-refractivity contribution in [3.63, 3.8) is 0 Å². The van der Waals surface area contributed by atoms with Gasteiger partial charge < -0.3 is 14.2 Å². The van der Waals surface area contributed by atoms with Crippen molar-refractivity contribution in [2.24, 2.45) is 0 Å². The van der Waals surface area contributed by atoms with Gasteiger partial charge in [0.15, 0.2) is 5.82 Å². The molecule has 4 rings (SSSR count). The Balaban J connectivity index is 1.33. The van der Waals surface area contributed by atoms with Crippen molar-refractivity contribution in [3.8, 4) is 17.2 Å².